The van der Waals surface area contributed by atoms with Crippen molar-refractivity contribution in [3.8, 4) is 5.75 Å². The molecule has 1 saturated carbocycles. The average molecular weight is 385 g/mol. The molecular formula is C20H23N3O3S. The van der Waals surface area contributed by atoms with Gasteiger partial charge in [0.05, 0.1) is 22.9 Å². The van der Waals surface area contributed by atoms with Crippen LogP contribution in [0, 0.1) is 0 Å². The number of hydrogen-bond acceptors (Lipinski definition) is 6. The van der Waals surface area contributed by atoms with Crippen molar-refractivity contribution in [1.29, 1.82) is 0 Å². The van der Waals surface area contributed by atoms with E-state index < -0.39 is 0 Å². The first-order chi connectivity index (χ1) is 13.1. The summed E-state index contributed by atoms with van der Waals surface area (Å²) in [5.74, 6) is 2.92. The third kappa shape index (κ3) is 4.18. The summed E-state index contributed by atoms with van der Waals surface area (Å²) in [6, 6.07) is 9.97. The molecule has 6 nitrogen and oxygen atoms in total. The zero-order valence-corrected chi connectivity index (χ0v) is 16.3. The van der Waals surface area contributed by atoms with E-state index in [9.17, 15) is 4.79 Å². The maximum atomic E-state index is 11.2. The Morgan fingerprint density at radius 3 is 2.78 bits per heavy atom. The van der Waals surface area contributed by atoms with Gasteiger partial charge in [-0.2, -0.15) is 0 Å². The van der Waals surface area contributed by atoms with Crippen molar-refractivity contribution >= 4 is 22.7 Å². The summed E-state index contributed by atoms with van der Waals surface area (Å²) in [5, 5.41) is 8.10. The van der Waals surface area contributed by atoms with Crippen molar-refractivity contribution in [2.75, 3.05) is 12.3 Å². The number of carbonyl (C=O) groups excluding carboxylic acids is 1. The number of amides is 1. The summed E-state index contributed by atoms with van der Waals surface area (Å²) in [7, 11) is 0. The minimum Gasteiger partial charge on any atom is -0.490 e. The Kier molecular flexibility index (Phi) is 5.20. The number of nitrogens with one attached hydrogen (secondary N) is 1. The highest BCUT2D eigenvalue weighted by molar-refractivity contribution is 8.14. The molecular weight excluding hydrogens is 362 g/mol. The molecule has 1 aromatic heterocycles. The van der Waals surface area contributed by atoms with Crippen LogP contribution in [0.2, 0.25) is 0 Å². The van der Waals surface area contributed by atoms with Crippen LogP contribution in [0.25, 0.3) is 0 Å². The Labute approximate surface area is 162 Å². The second kappa shape index (κ2) is 7.76. The van der Waals surface area contributed by atoms with Gasteiger partial charge in [-0.3, -0.25) is 9.79 Å². The smallest absolute Gasteiger partial charge is 0.217 e. The summed E-state index contributed by atoms with van der Waals surface area (Å²) in [4.78, 5) is 15.6. The van der Waals surface area contributed by atoms with Crippen LogP contribution in [-0.2, 0) is 4.79 Å². The van der Waals surface area contributed by atoms with Crippen LogP contribution in [0.4, 0.5) is 0 Å². The normalized spacial score (nSPS) is 22.7. The van der Waals surface area contributed by atoms with Gasteiger partial charge in [-0.05, 0) is 44.0 Å². The highest BCUT2D eigenvalue weighted by Crippen LogP contribution is 2.39. The van der Waals surface area contributed by atoms with Crippen molar-refractivity contribution in [3.05, 3.63) is 47.3 Å². The van der Waals surface area contributed by atoms with Crippen molar-refractivity contribution in [2.45, 2.75) is 44.8 Å². The standard InChI is InChI=1S/C20H23N3O3S/c1-12(22-13(2)24)19-11-18(23-26-19)15-9-17(10-15)25-16-5-3-14(4-6-16)20-21-7-8-27-20/h3-6,11-12,15,17H,7-10H2,1-2H3,(H,22,24)/t12-,15?,17?/m0/s1. The van der Waals surface area contributed by atoms with Gasteiger partial charge >= 0.3 is 0 Å². The van der Waals surface area contributed by atoms with Gasteiger partial charge in [0.15, 0.2) is 5.76 Å². The third-order valence-corrected chi connectivity index (χ3v) is 5.92. The van der Waals surface area contributed by atoms with E-state index in [2.05, 4.69) is 27.6 Å². The summed E-state index contributed by atoms with van der Waals surface area (Å²) in [6.45, 7) is 4.29. The Bertz CT molecular complexity index is 840. The summed E-state index contributed by atoms with van der Waals surface area (Å²) < 4.78 is 11.4. The molecule has 0 radical (unpaired) electrons. The predicted octanol–water partition coefficient (Wildman–Crippen LogP) is 3.69. The number of hydrogen-bond donors (Lipinski definition) is 1. The van der Waals surface area contributed by atoms with E-state index in [4.69, 9.17) is 9.26 Å². The molecule has 142 valence electrons. The van der Waals surface area contributed by atoms with Gasteiger partial charge < -0.3 is 14.6 Å². The fourth-order valence-electron chi connectivity index (χ4n) is 3.36. The second-order valence-corrected chi connectivity index (χ2v) is 8.13. The number of nitrogens with zero attached hydrogens (tertiary/aromatic N) is 2. The Balaban J connectivity index is 1.28. The molecule has 1 aromatic carbocycles. The Morgan fingerprint density at radius 2 is 2.11 bits per heavy atom. The van der Waals surface area contributed by atoms with Crippen molar-refractivity contribution in [1.82, 2.24) is 10.5 Å². The van der Waals surface area contributed by atoms with Gasteiger partial charge in [0.2, 0.25) is 5.91 Å². The minimum atomic E-state index is -0.169. The van der Waals surface area contributed by atoms with Gasteiger partial charge in [0.1, 0.15) is 5.75 Å². The fourth-order valence-corrected chi connectivity index (χ4v) is 4.22. The molecule has 0 bridgehead atoms. The number of benzene rings is 1. The SMILES string of the molecule is CC(=O)N[C@@H](C)c1cc(C2CC(Oc3ccc(C4=NCCS4)cc3)C2)no1. The van der Waals surface area contributed by atoms with E-state index >= 15 is 0 Å². The van der Waals surface area contributed by atoms with Gasteiger partial charge in [0, 0.05) is 36.8 Å². The zero-order valence-electron chi connectivity index (χ0n) is 15.5. The lowest BCUT2D eigenvalue weighted by atomic mass is 9.80. The van der Waals surface area contributed by atoms with Crippen LogP contribution in [0.1, 0.15) is 55.7 Å². The number of carbonyl (C=O) groups is 1. The largest absolute Gasteiger partial charge is 0.490 e. The molecule has 0 saturated heterocycles. The molecule has 7 heteroatoms. The summed E-state index contributed by atoms with van der Waals surface area (Å²) in [6.07, 6.45) is 2.04. The average Bonchev–Trinajstić information content (AvgIpc) is 3.29. The first-order valence-corrected chi connectivity index (χ1v) is 10.2. The van der Waals surface area contributed by atoms with E-state index in [-0.39, 0.29) is 18.1 Å². The lowest BCUT2D eigenvalue weighted by Gasteiger charge is -2.34. The van der Waals surface area contributed by atoms with Crippen LogP contribution in [0.5, 0.6) is 5.75 Å². The zero-order chi connectivity index (χ0) is 18.8. The van der Waals surface area contributed by atoms with Gasteiger partial charge in [0.25, 0.3) is 0 Å². The molecule has 1 amide bonds. The molecule has 1 aliphatic carbocycles. The molecule has 0 spiro atoms. The van der Waals surface area contributed by atoms with E-state index in [1.54, 1.807) is 11.8 Å². The molecule has 1 fully saturated rings. The van der Waals surface area contributed by atoms with Crippen LogP contribution in [0.15, 0.2) is 39.8 Å². The number of aromatic nitrogens is 1. The fraction of sp³-hybridized carbons (Fsp3) is 0.450. The summed E-state index contributed by atoms with van der Waals surface area (Å²) >= 11 is 1.81. The molecule has 2 aliphatic rings. The Hall–Kier alpha value is -2.28. The molecule has 1 N–H and O–H groups in total. The van der Waals surface area contributed by atoms with E-state index in [1.165, 1.54) is 12.5 Å². The van der Waals surface area contributed by atoms with Crippen molar-refractivity contribution < 1.29 is 14.1 Å². The van der Waals surface area contributed by atoms with Gasteiger partial charge in [-0.1, -0.05) is 5.16 Å². The topological polar surface area (TPSA) is 76.7 Å². The van der Waals surface area contributed by atoms with E-state index in [1.807, 2.05) is 25.1 Å². The highest BCUT2D eigenvalue weighted by Gasteiger charge is 2.34. The second-order valence-electron chi connectivity index (χ2n) is 7.04. The molecule has 2 aromatic rings. The maximum Gasteiger partial charge on any atom is 0.217 e. The molecule has 4 rings (SSSR count). The van der Waals surface area contributed by atoms with Gasteiger partial charge in [-0.15, -0.1) is 11.8 Å². The van der Waals surface area contributed by atoms with Crippen LogP contribution in [-0.4, -0.2) is 34.5 Å². The first-order valence-electron chi connectivity index (χ1n) is 9.26. The van der Waals surface area contributed by atoms with Crippen LogP contribution in [0.3, 0.4) is 0 Å². The Morgan fingerprint density at radius 1 is 1.33 bits per heavy atom. The van der Waals surface area contributed by atoms with Crippen molar-refractivity contribution in [2.24, 2.45) is 4.99 Å². The lowest BCUT2D eigenvalue weighted by molar-refractivity contribution is -0.119. The summed E-state index contributed by atoms with van der Waals surface area (Å²) in [5.41, 5.74) is 2.11. The van der Waals surface area contributed by atoms with Crippen LogP contribution < -0.4 is 10.1 Å². The highest BCUT2D eigenvalue weighted by atomic mass is 32.2. The molecule has 1 atom stereocenters. The quantitative estimate of drug-likeness (QED) is 0.821. The number of thioether (sulfide) groups is 1. The number of rotatable bonds is 6. The lowest BCUT2D eigenvalue weighted by Crippen LogP contribution is -2.32. The molecule has 0 unspecified atom stereocenters. The maximum absolute atomic E-state index is 11.2. The van der Waals surface area contributed by atoms with Crippen molar-refractivity contribution in [3.63, 3.8) is 0 Å². The van der Waals surface area contributed by atoms with Gasteiger partial charge in [-0.25, -0.2) is 0 Å². The number of ether oxygens (including phenoxy) is 1. The minimum absolute atomic E-state index is 0.0813. The monoisotopic (exact) mass is 385 g/mol. The first kappa shape index (κ1) is 18.1. The predicted molar refractivity (Wildman–Crippen MR) is 105 cm³/mol. The molecule has 1 aliphatic heterocycles. The number of aliphatic imine (C=N–C) groups is 1. The third-order valence-electron chi connectivity index (χ3n) is 4.90. The van der Waals surface area contributed by atoms with Crippen LogP contribution >= 0.6 is 11.8 Å². The van der Waals surface area contributed by atoms with E-state index in [0.717, 1.165) is 41.6 Å². The molecule has 2 heterocycles. The molecule has 27 heavy (non-hydrogen) atoms. The van der Waals surface area contributed by atoms with E-state index in [0.29, 0.717) is 11.7 Å².